The molecular formula is C30H34N2OP+. The van der Waals surface area contributed by atoms with Gasteiger partial charge in [-0.25, -0.2) is 0 Å². The number of nitrogens with two attached hydrogens (primary N) is 2. The highest BCUT2D eigenvalue weighted by Crippen LogP contribution is 2.55. The molecule has 0 radical (unpaired) electrons. The molecular weight excluding hydrogens is 435 g/mol. The van der Waals surface area contributed by atoms with Crippen LogP contribution in [0.1, 0.15) is 46.1 Å². The van der Waals surface area contributed by atoms with Gasteiger partial charge in [0.05, 0.1) is 33.6 Å². The third-order valence-electron chi connectivity index (χ3n) is 4.89. The molecule has 0 aliphatic rings. The number of hydrogen-bond donors (Lipinski definition) is 2. The van der Waals surface area contributed by atoms with E-state index in [-0.39, 0.29) is 15.9 Å². The van der Waals surface area contributed by atoms with Gasteiger partial charge in [0.25, 0.3) is 0 Å². The van der Waals surface area contributed by atoms with Crippen molar-refractivity contribution in [2.45, 2.75) is 25.5 Å². The molecule has 4 heteroatoms. The highest BCUT2D eigenvalue weighted by molar-refractivity contribution is 7.95. The minimum absolute atomic E-state index is 0.275. The molecule has 0 aliphatic heterocycles. The van der Waals surface area contributed by atoms with Gasteiger partial charge in [-0.05, 0) is 74.0 Å². The summed E-state index contributed by atoms with van der Waals surface area (Å²) in [4.78, 5) is 0. The molecule has 0 aliphatic carbocycles. The Morgan fingerprint density at radius 1 is 0.647 bits per heavy atom. The second-order valence-corrected chi connectivity index (χ2v) is 10.1. The minimum Gasteiger partial charge on any atom is -0.494 e. The monoisotopic (exact) mass is 484 g/mol. The number of anilines is 2. The van der Waals surface area contributed by atoms with E-state index in [0.29, 0.717) is 0 Å². The molecule has 4 aromatic rings. The van der Waals surface area contributed by atoms with Crippen molar-refractivity contribution in [3.05, 3.63) is 109 Å². The largest absolute Gasteiger partial charge is 0.494 e. The number of ether oxygens (including phenoxy) is 1. The maximum absolute atomic E-state index is 9.64. The topological polar surface area (TPSA) is 61.3 Å². The summed E-state index contributed by atoms with van der Waals surface area (Å²) in [5, 5.41) is 0.826. The van der Waals surface area contributed by atoms with E-state index in [2.05, 4.69) is 0 Å². The highest BCUT2D eigenvalue weighted by Gasteiger charge is 2.44. The normalized spacial score (nSPS) is 20.3. The van der Waals surface area contributed by atoms with Crippen molar-refractivity contribution < 1.29 is 25.3 Å². The molecule has 0 heterocycles. The first kappa shape index (κ1) is 11.4. The Labute approximate surface area is 225 Å². The van der Waals surface area contributed by atoms with Crippen LogP contribution < -0.4 is 32.1 Å². The molecule has 0 unspecified atom stereocenters. The predicted molar refractivity (Wildman–Crippen MR) is 149 cm³/mol. The van der Waals surface area contributed by atoms with Crippen molar-refractivity contribution in [1.82, 2.24) is 0 Å². The summed E-state index contributed by atoms with van der Waals surface area (Å²) in [6.45, 7) is -3.96. The van der Waals surface area contributed by atoms with Crippen LogP contribution in [0.2, 0.25) is 0 Å². The first-order valence-electron chi connectivity index (χ1n) is 17.9. The third kappa shape index (κ3) is 5.61. The zero-order chi connectivity index (χ0) is 37.0. The fourth-order valence-corrected chi connectivity index (χ4v) is 6.70. The molecule has 0 amide bonds. The Morgan fingerprint density at radius 2 is 1.15 bits per heavy atom. The van der Waals surface area contributed by atoms with Crippen molar-refractivity contribution in [3.8, 4) is 5.75 Å². The van der Waals surface area contributed by atoms with Gasteiger partial charge < -0.3 is 16.2 Å². The van der Waals surface area contributed by atoms with Crippen LogP contribution in [0.15, 0.2) is 109 Å². The van der Waals surface area contributed by atoms with Crippen LogP contribution in [0.4, 0.5) is 11.4 Å². The first-order chi connectivity index (χ1) is 22.5. The summed E-state index contributed by atoms with van der Waals surface area (Å²) in [6, 6.07) is 21.3. The fraction of sp³-hybridized carbons (Fsp3) is 0.200. The first-order valence-corrected chi connectivity index (χ1v) is 12.2. The number of hydrogen-bond acceptors (Lipinski definition) is 3. The van der Waals surface area contributed by atoms with Gasteiger partial charge in [-0.1, -0.05) is 54.6 Å². The van der Waals surface area contributed by atoms with Crippen LogP contribution in [0.5, 0.6) is 5.75 Å². The zero-order valence-corrected chi connectivity index (χ0v) is 19.1. The summed E-state index contributed by atoms with van der Waals surface area (Å²) in [7, 11) is -4.01. The van der Waals surface area contributed by atoms with Gasteiger partial charge in [0.15, 0.2) is 0 Å². The lowest BCUT2D eigenvalue weighted by molar-refractivity contribution is 0.305. The molecule has 0 atom stereocenters. The van der Waals surface area contributed by atoms with Crippen molar-refractivity contribution in [2.24, 2.45) is 0 Å². The van der Waals surface area contributed by atoms with Crippen molar-refractivity contribution in [3.63, 3.8) is 0 Å². The van der Waals surface area contributed by atoms with Crippen LogP contribution in [-0.2, 0) is 0 Å². The highest BCUT2D eigenvalue weighted by atomic mass is 31.2. The lowest BCUT2D eigenvalue weighted by Gasteiger charge is -2.27. The van der Waals surface area contributed by atoms with Crippen molar-refractivity contribution in [1.29, 1.82) is 0 Å². The molecule has 4 rings (SSSR count). The molecule has 0 fully saturated rings. The van der Waals surface area contributed by atoms with Gasteiger partial charge in [-0.3, -0.25) is 0 Å². The maximum Gasteiger partial charge on any atom is 0.121 e. The van der Waals surface area contributed by atoms with Crippen LogP contribution >= 0.6 is 7.26 Å². The second-order valence-electron chi connectivity index (χ2n) is 7.02. The van der Waals surface area contributed by atoms with Crippen molar-refractivity contribution in [2.75, 3.05) is 24.1 Å². The van der Waals surface area contributed by atoms with Gasteiger partial charge >= 0.3 is 0 Å². The average Bonchev–Trinajstić information content (AvgIpc) is 3.06. The minimum atomic E-state index is -4.23. The van der Waals surface area contributed by atoms with E-state index in [4.69, 9.17) is 31.3 Å². The molecule has 4 aromatic carbocycles. The maximum atomic E-state index is 9.64. The van der Waals surface area contributed by atoms with Gasteiger partial charge in [0, 0.05) is 17.0 Å². The van der Waals surface area contributed by atoms with Crippen molar-refractivity contribution >= 4 is 34.6 Å². The van der Waals surface area contributed by atoms with E-state index in [0.717, 1.165) is 0 Å². The van der Waals surface area contributed by atoms with Gasteiger partial charge in [0.2, 0.25) is 0 Å². The standard InChI is InChI=1S/C30H34N2OP/c31-29-21-20-25(24-30(29)32)33-22-12-1-2-13-23-34(26-14-6-3-7-15-26,27-16-8-4-9-17-27)28-18-10-5-11-19-28/h3-11,14-21,24H,1-2,12-13,22-23,31-32H2/q+1/i1D2,2D2,12D2,13D2,20D,21D,22D2,23D2,24D. The molecule has 0 saturated carbocycles. The third-order valence-corrected chi connectivity index (χ3v) is 8.56. The Balaban J connectivity index is 1.96. The lowest BCUT2D eigenvalue weighted by Crippen LogP contribution is -2.33. The lowest BCUT2D eigenvalue weighted by atomic mass is 10.2. The molecule has 174 valence electrons. The zero-order valence-electron chi connectivity index (χ0n) is 33.2. The summed E-state index contributed by atoms with van der Waals surface area (Å²) in [6.07, 6.45) is -19.8. The van der Waals surface area contributed by atoms with E-state index in [1.807, 2.05) is 0 Å². The number of rotatable bonds is 11. The van der Waals surface area contributed by atoms with Gasteiger partial charge in [-0.2, -0.15) is 0 Å². The van der Waals surface area contributed by atoms with Crippen LogP contribution in [-0.4, -0.2) is 12.7 Å². The van der Waals surface area contributed by atoms with Gasteiger partial charge in [-0.15, -0.1) is 0 Å². The average molecular weight is 485 g/mol. The van der Waals surface area contributed by atoms with Crippen LogP contribution in [0.25, 0.3) is 0 Å². The Hall–Kier alpha value is -3.29. The molecule has 0 spiro atoms. The second kappa shape index (κ2) is 11.7. The summed E-state index contributed by atoms with van der Waals surface area (Å²) < 4.78 is 136. The smallest absolute Gasteiger partial charge is 0.121 e. The molecule has 0 saturated heterocycles. The summed E-state index contributed by atoms with van der Waals surface area (Å²) in [5.41, 5.74) is 10.2. The van der Waals surface area contributed by atoms with E-state index < -0.39 is 80.7 Å². The van der Waals surface area contributed by atoms with E-state index >= 15 is 0 Å². The molecule has 0 bridgehead atoms. The Bertz CT molecular complexity index is 1680. The summed E-state index contributed by atoms with van der Waals surface area (Å²) >= 11 is 0. The van der Waals surface area contributed by atoms with Crippen LogP contribution in [0.3, 0.4) is 0 Å². The van der Waals surface area contributed by atoms with E-state index in [1.54, 1.807) is 91.0 Å². The Kier molecular flexibility index (Phi) is 3.94. The van der Waals surface area contributed by atoms with E-state index in [1.165, 1.54) is 0 Å². The molecule has 3 nitrogen and oxygen atoms in total. The summed E-state index contributed by atoms with van der Waals surface area (Å²) in [5.74, 6) is -1.08. The SMILES string of the molecule is [2H]c1c([2H])c(OC([2H])([2H])C([2H])([2H])C([2H])([2H])C([2H])([2H])C([2H])([2H])C([2H])([2H])[P+](c2ccccc2)(c2ccccc2)c2ccccc2)c([2H])c(N)c1N. The van der Waals surface area contributed by atoms with Crippen LogP contribution in [0, 0.1) is 0 Å². The molecule has 0 aromatic heterocycles. The van der Waals surface area contributed by atoms with E-state index in [9.17, 15) is 5.48 Å². The quantitative estimate of drug-likeness (QED) is 0.209. The van der Waals surface area contributed by atoms with Gasteiger partial charge in [0.1, 0.15) is 28.9 Å². The molecule has 34 heavy (non-hydrogen) atoms. The fourth-order valence-electron chi connectivity index (χ4n) is 3.34. The number of benzene rings is 4. The molecule has 4 N–H and O–H groups in total. The Morgan fingerprint density at radius 3 is 1.68 bits per heavy atom. The predicted octanol–water partition coefficient (Wildman–Crippen LogP) is 5.78. The number of nitrogen functional groups attached to an aromatic ring is 2.